The van der Waals surface area contributed by atoms with Crippen LogP contribution >= 0.6 is 11.6 Å². The Morgan fingerprint density at radius 2 is 1.84 bits per heavy atom. The number of nitrogens with one attached hydrogen (secondary N) is 1. The second kappa shape index (κ2) is 15.3. The number of hydrogen-bond acceptors (Lipinski definition) is 7. The van der Waals surface area contributed by atoms with E-state index in [0.29, 0.717) is 30.5 Å². The number of aromatic nitrogens is 4. The molecule has 9 nitrogen and oxygen atoms in total. The monoisotopic (exact) mass is 606 g/mol. The van der Waals surface area contributed by atoms with Crippen molar-refractivity contribution >= 4 is 29.9 Å². The Kier molecular flexibility index (Phi) is 11.0. The van der Waals surface area contributed by atoms with Crippen LogP contribution in [-0.4, -0.2) is 55.7 Å². The lowest BCUT2D eigenvalue weighted by Crippen LogP contribution is -2.44. The number of amides is 1. The van der Waals surface area contributed by atoms with Gasteiger partial charge in [-0.25, -0.2) is 14.8 Å². The number of aryl methyl sites for hydroxylation is 1. The van der Waals surface area contributed by atoms with E-state index in [4.69, 9.17) is 21.3 Å². The molecule has 0 radical (unpaired) electrons. The van der Waals surface area contributed by atoms with Crippen LogP contribution in [0.4, 0.5) is 10.7 Å². The summed E-state index contributed by atoms with van der Waals surface area (Å²) in [5.74, 6) is 1.29. The van der Waals surface area contributed by atoms with E-state index in [0.717, 1.165) is 92.5 Å². The molecule has 1 N–H and O–H groups in total. The van der Waals surface area contributed by atoms with Crippen LogP contribution in [0.5, 0.6) is 0 Å². The molecule has 2 heterocycles. The number of anilines is 1. The number of unbranched alkanes of at least 4 members (excludes halogenated alkanes) is 4. The fourth-order valence-corrected chi connectivity index (χ4v) is 6.08. The standard InChI is InChI=1S/C33H43ClN6O3/c1-39-30(20-24-12-13-24)28(21-36-39)31-29(34)22-35-32(38-31)37-26-14-16-27(17-15-26)40(23-25-10-6-5-7-11-25)33(42)43-19-9-4-2-3-8-18-41/h5-7,10-11,18,21-22,24,26-27H,2-4,8-9,12-17,19-20,23H2,1H3,(H,35,37,38). The van der Waals surface area contributed by atoms with E-state index in [1.165, 1.54) is 12.8 Å². The van der Waals surface area contributed by atoms with Crippen LogP contribution in [0.15, 0.2) is 42.7 Å². The van der Waals surface area contributed by atoms with E-state index >= 15 is 0 Å². The van der Waals surface area contributed by atoms with E-state index in [9.17, 15) is 9.59 Å². The third-order valence-corrected chi connectivity index (χ3v) is 8.86. The number of ether oxygens (including phenoxy) is 1. The largest absolute Gasteiger partial charge is 0.449 e. The summed E-state index contributed by atoms with van der Waals surface area (Å²) in [4.78, 5) is 35.0. The maximum atomic E-state index is 13.3. The molecule has 43 heavy (non-hydrogen) atoms. The van der Waals surface area contributed by atoms with Crippen molar-refractivity contribution in [3.05, 3.63) is 59.0 Å². The van der Waals surface area contributed by atoms with Crippen molar-refractivity contribution < 1.29 is 14.3 Å². The second-order valence-electron chi connectivity index (χ2n) is 11.9. The minimum Gasteiger partial charge on any atom is -0.449 e. The highest BCUT2D eigenvalue weighted by Gasteiger charge is 2.31. The summed E-state index contributed by atoms with van der Waals surface area (Å²) in [5, 5.41) is 8.55. The molecule has 2 fully saturated rings. The molecule has 230 valence electrons. The van der Waals surface area contributed by atoms with Gasteiger partial charge in [0.2, 0.25) is 5.95 Å². The number of aldehydes is 1. The number of carbonyl (C=O) groups is 2. The van der Waals surface area contributed by atoms with Gasteiger partial charge in [-0.15, -0.1) is 0 Å². The van der Waals surface area contributed by atoms with Crippen molar-refractivity contribution in [1.82, 2.24) is 24.6 Å². The third-order valence-electron chi connectivity index (χ3n) is 8.58. The van der Waals surface area contributed by atoms with Crippen molar-refractivity contribution in [2.75, 3.05) is 11.9 Å². The first-order chi connectivity index (χ1) is 21.0. The van der Waals surface area contributed by atoms with Crippen molar-refractivity contribution in [1.29, 1.82) is 0 Å². The van der Waals surface area contributed by atoms with Gasteiger partial charge in [0.1, 0.15) is 6.29 Å². The summed E-state index contributed by atoms with van der Waals surface area (Å²) >= 11 is 6.58. The molecule has 1 amide bonds. The zero-order valence-electron chi connectivity index (χ0n) is 25.1. The van der Waals surface area contributed by atoms with Gasteiger partial charge in [0.15, 0.2) is 0 Å². The molecule has 5 rings (SSSR count). The van der Waals surface area contributed by atoms with Gasteiger partial charge in [0, 0.05) is 43.4 Å². The molecule has 2 aliphatic carbocycles. The molecule has 0 saturated heterocycles. The van der Waals surface area contributed by atoms with Crippen LogP contribution in [0, 0.1) is 5.92 Å². The molecule has 2 aliphatic rings. The Hall–Kier alpha value is -3.46. The summed E-state index contributed by atoms with van der Waals surface area (Å²) < 4.78 is 7.66. The van der Waals surface area contributed by atoms with Gasteiger partial charge in [-0.3, -0.25) is 4.68 Å². The minimum absolute atomic E-state index is 0.0976. The molecule has 0 unspecified atom stereocenters. The first-order valence-electron chi connectivity index (χ1n) is 15.7. The highest BCUT2D eigenvalue weighted by atomic mass is 35.5. The van der Waals surface area contributed by atoms with Crippen LogP contribution in [0.2, 0.25) is 5.02 Å². The van der Waals surface area contributed by atoms with Crippen LogP contribution in [0.25, 0.3) is 11.3 Å². The Morgan fingerprint density at radius 1 is 1.07 bits per heavy atom. The van der Waals surface area contributed by atoms with E-state index < -0.39 is 0 Å². The number of halogens is 1. The maximum absolute atomic E-state index is 13.3. The predicted molar refractivity (Wildman–Crippen MR) is 168 cm³/mol. The molecule has 0 atom stereocenters. The first kappa shape index (κ1) is 31.0. The average molecular weight is 607 g/mol. The molecular formula is C33H43ClN6O3. The van der Waals surface area contributed by atoms with Crippen molar-refractivity contribution in [2.45, 2.75) is 95.7 Å². The molecule has 2 aromatic heterocycles. The first-order valence-corrected chi connectivity index (χ1v) is 16.1. The van der Waals surface area contributed by atoms with Crippen LogP contribution in [0.1, 0.15) is 81.9 Å². The Morgan fingerprint density at radius 3 is 2.58 bits per heavy atom. The number of hydrogen-bond donors (Lipinski definition) is 1. The molecule has 0 bridgehead atoms. The lowest BCUT2D eigenvalue weighted by molar-refractivity contribution is -0.107. The Bertz CT molecular complexity index is 1340. The average Bonchev–Trinajstić information content (AvgIpc) is 3.78. The van der Waals surface area contributed by atoms with Crippen LogP contribution in [-0.2, 0) is 29.5 Å². The van der Waals surface area contributed by atoms with Crippen molar-refractivity contribution in [2.24, 2.45) is 13.0 Å². The van der Waals surface area contributed by atoms with Gasteiger partial charge in [-0.05, 0) is 69.3 Å². The maximum Gasteiger partial charge on any atom is 0.410 e. The van der Waals surface area contributed by atoms with Gasteiger partial charge < -0.3 is 19.7 Å². The minimum atomic E-state index is -0.252. The van der Waals surface area contributed by atoms with Gasteiger partial charge in [-0.1, -0.05) is 54.8 Å². The smallest absolute Gasteiger partial charge is 0.410 e. The SMILES string of the molecule is Cn1ncc(-c2nc(NC3CCC(N(Cc4ccccc4)C(=O)OCCCCCCC=O)CC3)ncc2Cl)c1CC1CC1. The highest BCUT2D eigenvalue weighted by molar-refractivity contribution is 6.33. The summed E-state index contributed by atoms with van der Waals surface area (Å²) in [6.07, 6.45) is 15.5. The lowest BCUT2D eigenvalue weighted by atomic mass is 9.90. The van der Waals surface area contributed by atoms with E-state index in [2.05, 4.69) is 15.4 Å². The molecule has 0 spiro atoms. The second-order valence-corrected chi connectivity index (χ2v) is 12.3. The number of rotatable bonds is 15. The van der Waals surface area contributed by atoms with Gasteiger partial charge in [0.25, 0.3) is 0 Å². The summed E-state index contributed by atoms with van der Waals surface area (Å²) in [5.41, 5.74) is 3.95. The summed E-state index contributed by atoms with van der Waals surface area (Å²) in [7, 11) is 1.98. The predicted octanol–water partition coefficient (Wildman–Crippen LogP) is 6.99. The Labute approximate surface area is 259 Å². The topological polar surface area (TPSA) is 102 Å². The van der Waals surface area contributed by atoms with Crippen molar-refractivity contribution in [3.8, 4) is 11.3 Å². The van der Waals surface area contributed by atoms with E-state index in [1.807, 2.05) is 53.2 Å². The third kappa shape index (κ3) is 8.78. The summed E-state index contributed by atoms with van der Waals surface area (Å²) in [6.45, 7) is 0.928. The van der Waals surface area contributed by atoms with Crippen LogP contribution < -0.4 is 5.32 Å². The zero-order chi connectivity index (χ0) is 30.0. The van der Waals surface area contributed by atoms with Gasteiger partial charge in [0.05, 0.1) is 29.7 Å². The van der Waals surface area contributed by atoms with E-state index in [-0.39, 0.29) is 18.2 Å². The molecule has 1 aromatic carbocycles. The molecule has 3 aromatic rings. The molecule has 10 heteroatoms. The van der Waals surface area contributed by atoms with Gasteiger partial charge >= 0.3 is 6.09 Å². The fraction of sp³-hybridized carbons (Fsp3) is 0.545. The Balaban J connectivity index is 1.18. The number of benzene rings is 1. The normalized spacial score (nSPS) is 18.3. The fourth-order valence-electron chi connectivity index (χ4n) is 5.89. The zero-order valence-corrected chi connectivity index (χ0v) is 25.8. The number of nitrogens with zero attached hydrogens (tertiary/aromatic N) is 5. The van der Waals surface area contributed by atoms with E-state index in [1.54, 1.807) is 6.20 Å². The molecular weight excluding hydrogens is 564 g/mol. The lowest BCUT2D eigenvalue weighted by Gasteiger charge is -2.36. The molecule has 0 aliphatic heterocycles. The van der Waals surface area contributed by atoms with Crippen LogP contribution in [0.3, 0.4) is 0 Å². The highest BCUT2D eigenvalue weighted by Crippen LogP contribution is 2.37. The summed E-state index contributed by atoms with van der Waals surface area (Å²) in [6, 6.07) is 10.4. The molecule has 2 saturated carbocycles. The van der Waals surface area contributed by atoms with Gasteiger partial charge in [-0.2, -0.15) is 5.10 Å². The number of carbonyl (C=O) groups excluding carboxylic acids is 2. The van der Waals surface area contributed by atoms with Crippen molar-refractivity contribution in [3.63, 3.8) is 0 Å². The quantitative estimate of drug-likeness (QED) is 0.147.